The molecule has 0 heterocycles. The van der Waals surface area contributed by atoms with E-state index >= 15 is 0 Å². The number of ether oxygens (including phenoxy) is 3. The molecule has 0 aromatic rings. The summed E-state index contributed by atoms with van der Waals surface area (Å²) in [5.41, 5.74) is 0. The van der Waals surface area contributed by atoms with Crippen molar-refractivity contribution >= 4 is 17.9 Å². The van der Waals surface area contributed by atoms with E-state index in [2.05, 4.69) is 93.7 Å². The average molecular weight is 921 g/mol. The fourth-order valence-corrected chi connectivity index (χ4v) is 7.76. The van der Waals surface area contributed by atoms with Crippen LogP contribution in [0.15, 0.2) is 72.9 Å². The van der Waals surface area contributed by atoms with Gasteiger partial charge in [0.1, 0.15) is 13.2 Å². The van der Waals surface area contributed by atoms with Crippen molar-refractivity contribution in [2.24, 2.45) is 0 Å². The number of unbranched alkanes of at least 4 members (excludes halogenated alkanes) is 27. The van der Waals surface area contributed by atoms with Crippen LogP contribution in [0.25, 0.3) is 0 Å². The minimum Gasteiger partial charge on any atom is -0.462 e. The molecule has 0 fully saturated rings. The van der Waals surface area contributed by atoms with E-state index in [-0.39, 0.29) is 31.1 Å². The van der Waals surface area contributed by atoms with Gasteiger partial charge in [-0.05, 0) is 89.9 Å². The second-order valence-electron chi connectivity index (χ2n) is 18.5. The molecule has 66 heavy (non-hydrogen) atoms. The van der Waals surface area contributed by atoms with Crippen molar-refractivity contribution in [1.29, 1.82) is 0 Å². The Morgan fingerprint density at radius 1 is 0.318 bits per heavy atom. The molecule has 0 spiro atoms. The molecule has 0 bridgehead atoms. The van der Waals surface area contributed by atoms with Crippen molar-refractivity contribution in [3.05, 3.63) is 72.9 Å². The van der Waals surface area contributed by atoms with Crippen LogP contribution >= 0.6 is 0 Å². The van der Waals surface area contributed by atoms with Gasteiger partial charge in [-0.3, -0.25) is 14.4 Å². The Morgan fingerprint density at radius 2 is 0.591 bits per heavy atom. The van der Waals surface area contributed by atoms with E-state index in [4.69, 9.17) is 14.2 Å². The van der Waals surface area contributed by atoms with Gasteiger partial charge in [0.15, 0.2) is 6.10 Å². The van der Waals surface area contributed by atoms with Gasteiger partial charge in [0.2, 0.25) is 0 Å². The Balaban J connectivity index is 4.43. The second kappa shape index (κ2) is 54.5. The Morgan fingerprint density at radius 3 is 0.985 bits per heavy atom. The molecule has 0 amide bonds. The summed E-state index contributed by atoms with van der Waals surface area (Å²) in [6.45, 7) is 6.48. The number of esters is 3. The van der Waals surface area contributed by atoms with Crippen LogP contribution in [0.1, 0.15) is 271 Å². The van der Waals surface area contributed by atoms with E-state index in [1.807, 2.05) is 0 Å². The van der Waals surface area contributed by atoms with E-state index in [0.29, 0.717) is 19.3 Å². The highest BCUT2D eigenvalue weighted by molar-refractivity contribution is 5.71. The molecule has 0 saturated carbocycles. The van der Waals surface area contributed by atoms with Crippen LogP contribution in [-0.2, 0) is 28.6 Å². The number of allylic oxidation sites excluding steroid dienone is 12. The van der Waals surface area contributed by atoms with Crippen molar-refractivity contribution < 1.29 is 28.6 Å². The van der Waals surface area contributed by atoms with Gasteiger partial charge in [-0.25, -0.2) is 0 Å². The fraction of sp³-hybridized carbons (Fsp3) is 0.750. The van der Waals surface area contributed by atoms with Crippen LogP contribution in [0.3, 0.4) is 0 Å². The Kier molecular flexibility index (Phi) is 51.9. The normalized spacial score (nSPS) is 12.6. The molecule has 0 rings (SSSR count). The average Bonchev–Trinajstić information content (AvgIpc) is 3.31. The van der Waals surface area contributed by atoms with Gasteiger partial charge in [-0.2, -0.15) is 0 Å². The Bertz CT molecular complexity index is 1240. The molecule has 0 aliphatic carbocycles. The highest BCUT2D eigenvalue weighted by Gasteiger charge is 2.19. The van der Waals surface area contributed by atoms with Crippen LogP contribution in [0.5, 0.6) is 0 Å². The number of hydrogen-bond acceptors (Lipinski definition) is 6. The molecule has 380 valence electrons. The quantitative estimate of drug-likeness (QED) is 0.0262. The summed E-state index contributed by atoms with van der Waals surface area (Å²) in [4.78, 5) is 38.1. The third-order valence-corrected chi connectivity index (χ3v) is 11.9. The highest BCUT2D eigenvalue weighted by Crippen LogP contribution is 2.16. The maximum Gasteiger partial charge on any atom is 0.306 e. The maximum absolute atomic E-state index is 12.8. The first-order valence-corrected chi connectivity index (χ1v) is 27.9. The lowest BCUT2D eigenvalue weighted by Gasteiger charge is -2.18. The van der Waals surface area contributed by atoms with Gasteiger partial charge in [0.25, 0.3) is 0 Å². The molecule has 6 heteroatoms. The van der Waals surface area contributed by atoms with Crippen LogP contribution in [-0.4, -0.2) is 37.2 Å². The monoisotopic (exact) mass is 921 g/mol. The van der Waals surface area contributed by atoms with Gasteiger partial charge in [-0.1, -0.05) is 235 Å². The zero-order valence-corrected chi connectivity index (χ0v) is 43.4. The predicted octanol–water partition coefficient (Wildman–Crippen LogP) is 18.6. The lowest BCUT2D eigenvalue weighted by atomic mass is 10.0. The third-order valence-electron chi connectivity index (χ3n) is 11.9. The van der Waals surface area contributed by atoms with E-state index in [1.165, 1.54) is 135 Å². The number of rotatable bonds is 50. The second-order valence-corrected chi connectivity index (χ2v) is 18.5. The zero-order chi connectivity index (χ0) is 47.9. The highest BCUT2D eigenvalue weighted by atomic mass is 16.6. The van der Waals surface area contributed by atoms with Crippen molar-refractivity contribution in [1.82, 2.24) is 0 Å². The smallest absolute Gasteiger partial charge is 0.306 e. The van der Waals surface area contributed by atoms with E-state index < -0.39 is 6.10 Å². The van der Waals surface area contributed by atoms with Crippen LogP contribution in [0.4, 0.5) is 0 Å². The summed E-state index contributed by atoms with van der Waals surface area (Å²) in [5, 5.41) is 0. The van der Waals surface area contributed by atoms with Crippen molar-refractivity contribution in [2.45, 2.75) is 277 Å². The third kappa shape index (κ3) is 51.8. The predicted molar refractivity (Wildman–Crippen MR) is 284 cm³/mol. The lowest BCUT2D eigenvalue weighted by molar-refractivity contribution is -0.167. The van der Waals surface area contributed by atoms with Gasteiger partial charge >= 0.3 is 17.9 Å². The SMILES string of the molecule is CC/C=C\C/C=C\C/C=C\C/C=C\CCCCC(=O)OCC(COC(=O)CCCCCCCCC/C=C\C/C=C\CCCCC)OC(=O)CCCCCCCCCCCCCCCCCC. The molecule has 1 unspecified atom stereocenters. The molecular formula is C60H104O6. The van der Waals surface area contributed by atoms with Crippen LogP contribution < -0.4 is 0 Å². The first-order chi connectivity index (χ1) is 32.5. The topological polar surface area (TPSA) is 78.9 Å². The molecule has 0 aliphatic rings. The maximum atomic E-state index is 12.8. The molecule has 1 atom stereocenters. The largest absolute Gasteiger partial charge is 0.462 e. The number of carbonyl (C=O) groups is 3. The van der Waals surface area contributed by atoms with Gasteiger partial charge in [0, 0.05) is 19.3 Å². The Hall–Kier alpha value is -3.15. The van der Waals surface area contributed by atoms with Gasteiger partial charge in [0.05, 0.1) is 0 Å². The summed E-state index contributed by atoms with van der Waals surface area (Å²) >= 11 is 0. The van der Waals surface area contributed by atoms with E-state index in [9.17, 15) is 14.4 Å². The lowest BCUT2D eigenvalue weighted by Crippen LogP contribution is -2.30. The molecule has 0 N–H and O–H groups in total. The van der Waals surface area contributed by atoms with Crippen molar-refractivity contribution in [3.63, 3.8) is 0 Å². The fourth-order valence-electron chi connectivity index (χ4n) is 7.76. The molecule has 0 aromatic heterocycles. The molecular weight excluding hydrogens is 817 g/mol. The summed E-state index contributed by atoms with van der Waals surface area (Å²) in [7, 11) is 0. The first-order valence-electron chi connectivity index (χ1n) is 27.9. The van der Waals surface area contributed by atoms with E-state index in [1.54, 1.807) is 0 Å². The molecule has 0 saturated heterocycles. The molecule has 0 aromatic carbocycles. The minimum atomic E-state index is -0.794. The molecule has 0 aliphatic heterocycles. The zero-order valence-electron chi connectivity index (χ0n) is 43.4. The molecule has 6 nitrogen and oxygen atoms in total. The summed E-state index contributed by atoms with van der Waals surface area (Å²) < 4.78 is 16.8. The van der Waals surface area contributed by atoms with Gasteiger partial charge in [-0.15, -0.1) is 0 Å². The van der Waals surface area contributed by atoms with Crippen molar-refractivity contribution in [3.8, 4) is 0 Å². The first kappa shape index (κ1) is 62.8. The van der Waals surface area contributed by atoms with Crippen LogP contribution in [0, 0.1) is 0 Å². The van der Waals surface area contributed by atoms with Gasteiger partial charge < -0.3 is 14.2 Å². The Labute approximate surface area is 408 Å². The molecule has 0 radical (unpaired) electrons. The standard InChI is InChI=1S/C60H104O6/c1-4-7-10-13-16-19-22-25-28-30-33-35-38-41-44-47-50-53-59(62)65-56-57(55-64-58(61)52-49-46-43-40-37-34-31-27-24-21-18-15-12-9-6-3)66-60(63)54-51-48-45-42-39-36-32-29-26-23-20-17-14-11-8-5-2/h9,12,16,18-19,21,25,27-28,31,37,40,57H,4-8,10-11,13-15,17,20,22-24,26,29-30,32-36,38-39,41-56H2,1-3H3/b12-9-,19-16-,21-18-,28-25-,31-27-,40-37-. The minimum absolute atomic E-state index is 0.0909. The van der Waals surface area contributed by atoms with Crippen LogP contribution in [0.2, 0.25) is 0 Å². The summed E-state index contributed by atoms with van der Waals surface area (Å²) in [6.07, 6.45) is 68.9. The number of hydrogen-bond donors (Lipinski definition) is 0. The van der Waals surface area contributed by atoms with Crippen molar-refractivity contribution in [2.75, 3.05) is 13.2 Å². The van der Waals surface area contributed by atoms with E-state index in [0.717, 1.165) is 96.3 Å². The summed E-state index contributed by atoms with van der Waals surface area (Å²) in [6, 6.07) is 0. The summed E-state index contributed by atoms with van der Waals surface area (Å²) in [5.74, 6) is -0.932. The number of carbonyl (C=O) groups excluding carboxylic acids is 3.